The van der Waals surface area contributed by atoms with Crippen molar-refractivity contribution in [2.45, 2.75) is 52.4 Å². The second kappa shape index (κ2) is 9.40. The van der Waals surface area contributed by atoms with Gasteiger partial charge in [-0.2, -0.15) is 0 Å². The summed E-state index contributed by atoms with van der Waals surface area (Å²) in [7, 11) is 0. The molecule has 3 aromatic rings. The Hall–Kier alpha value is -2.11. The highest BCUT2D eigenvalue weighted by molar-refractivity contribution is 7.16. The maximum absolute atomic E-state index is 12.5. The van der Waals surface area contributed by atoms with E-state index in [0.29, 0.717) is 11.8 Å². The van der Waals surface area contributed by atoms with E-state index in [1.807, 2.05) is 0 Å². The predicted octanol–water partition coefficient (Wildman–Crippen LogP) is 5.78. The predicted molar refractivity (Wildman–Crippen MR) is 134 cm³/mol. The standard InChI is InChI=1S/C27H35N3OS/c1-19-15-20(2)17-22(16-19)26-23(24-8-14-32-27(24)28-26)7-13-29-11-5-21(6-12-29)18-25(31)30-9-3-4-10-30/h8,14-17,21,28H,3-7,9-13,18H2,1-2H3. The van der Waals surface area contributed by atoms with Gasteiger partial charge in [0.25, 0.3) is 0 Å². The number of hydrogen-bond acceptors (Lipinski definition) is 3. The van der Waals surface area contributed by atoms with Gasteiger partial charge in [0.2, 0.25) is 5.91 Å². The number of piperidine rings is 1. The molecule has 4 heterocycles. The molecule has 4 nitrogen and oxygen atoms in total. The first-order chi connectivity index (χ1) is 15.6. The number of benzene rings is 1. The monoisotopic (exact) mass is 449 g/mol. The topological polar surface area (TPSA) is 39.3 Å². The van der Waals surface area contributed by atoms with Crippen molar-refractivity contribution >= 4 is 27.5 Å². The van der Waals surface area contributed by atoms with E-state index in [0.717, 1.165) is 58.4 Å². The number of carbonyl (C=O) groups excluding carboxylic acids is 1. The molecule has 1 amide bonds. The number of nitrogens with one attached hydrogen (secondary N) is 1. The molecule has 0 radical (unpaired) electrons. The maximum Gasteiger partial charge on any atom is 0.222 e. The van der Waals surface area contributed by atoms with Gasteiger partial charge in [-0.15, -0.1) is 11.3 Å². The number of aromatic nitrogens is 1. The van der Waals surface area contributed by atoms with Crippen LogP contribution in [0.4, 0.5) is 0 Å². The number of likely N-dealkylation sites (tertiary alicyclic amines) is 2. The van der Waals surface area contributed by atoms with Gasteiger partial charge in [0, 0.05) is 31.4 Å². The lowest BCUT2D eigenvalue weighted by atomic mass is 9.92. The molecule has 2 aliphatic rings. The first-order valence-electron chi connectivity index (χ1n) is 12.2. The number of carbonyl (C=O) groups is 1. The Bertz CT molecular complexity index is 1060. The van der Waals surface area contributed by atoms with Crippen molar-refractivity contribution in [2.75, 3.05) is 32.7 Å². The van der Waals surface area contributed by atoms with Gasteiger partial charge in [-0.25, -0.2) is 0 Å². The van der Waals surface area contributed by atoms with Gasteiger partial charge in [0.1, 0.15) is 4.83 Å². The van der Waals surface area contributed by atoms with E-state index < -0.39 is 0 Å². The summed E-state index contributed by atoms with van der Waals surface area (Å²) >= 11 is 1.80. The Balaban J connectivity index is 1.22. The van der Waals surface area contributed by atoms with Gasteiger partial charge in [-0.1, -0.05) is 17.2 Å². The van der Waals surface area contributed by atoms with Crippen LogP contribution in [0.25, 0.3) is 21.5 Å². The zero-order valence-electron chi connectivity index (χ0n) is 19.5. The third kappa shape index (κ3) is 4.65. The summed E-state index contributed by atoms with van der Waals surface area (Å²) in [5, 5.41) is 3.58. The lowest BCUT2D eigenvalue weighted by Crippen LogP contribution is -2.37. The fourth-order valence-electron chi connectivity index (χ4n) is 5.62. The molecule has 2 fully saturated rings. The zero-order valence-corrected chi connectivity index (χ0v) is 20.3. The molecule has 2 aliphatic heterocycles. The van der Waals surface area contributed by atoms with Gasteiger partial charge in [0.05, 0.1) is 5.69 Å². The number of H-pyrrole nitrogens is 1. The molecule has 0 saturated carbocycles. The highest BCUT2D eigenvalue weighted by atomic mass is 32.1. The molecule has 2 saturated heterocycles. The average molecular weight is 450 g/mol. The molecule has 1 N–H and O–H groups in total. The molecular formula is C27H35N3OS. The van der Waals surface area contributed by atoms with Crippen molar-refractivity contribution in [3.63, 3.8) is 0 Å². The molecule has 170 valence electrons. The minimum absolute atomic E-state index is 0.395. The van der Waals surface area contributed by atoms with Crippen molar-refractivity contribution in [1.82, 2.24) is 14.8 Å². The van der Waals surface area contributed by atoms with Crippen molar-refractivity contribution < 1.29 is 4.79 Å². The largest absolute Gasteiger partial charge is 0.346 e. The summed E-state index contributed by atoms with van der Waals surface area (Å²) in [6, 6.07) is 9.12. The van der Waals surface area contributed by atoms with Crippen molar-refractivity contribution in [3.8, 4) is 11.3 Å². The number of aryl methyl sites for hydroxylation is 2. The summed E-state index contributed by atoms with van der Waals surface area (Å²) < 4.78 is 0. The van der Waals surface area contributed by atoms with E-state index in [4.69, 9.17) is 0 Å². The summed E-state index contributed by atoms with van der Waals surface area (Å²) in [4.78, 5) is 22.2. The van der Waals surface area contributed by atoms with Crippen LogP contribution in [-0.4, -0.2) is 53.4 Å². The van der Waals surface area contributed by atoms with Crippen LogP contribution in [0.3, 0.4) is 0 Å². The second-order valence-corrected chi connectivity index (χ2v) is 10.8. The van der Waals surface area contributed by atoms with Crippen molar-refractivity contribution in [2.24, 2.45) is 5.92 Å². The third-order valence-corrected chi connectivity index (χ3v) is 8.18. The Morgan fingerprint density at radius 2 is 1.78 bits per heavy atom. The highest BCUT2D eigenvalue weighted by Crippen LogP contribution is 2.35. The van der Waals surface area contributed by atoms with Crippen LogP contribution < -0.4 is 0 Å². The average Bonchev–Trinajstić information content (AvgIpc) is 3.50. The molecule has 32 heavy (non-hydrogen) atoms. The highest BCUT2D eigenvalue weighted by Gasteiger charge is 2.25. The fourth-order valence-corrected chi connectivity index (χ4v) is 6.44. The minimum Gasteiger partial charge on any atom is -0.346 e. The van der Waals surface area contributed by atoms with Crippen LogP contribution in [0.5, 0.6) is 0 Å². The molecule has 2 aromatic heterocycles. The number of rotatable bonds is 6. The Morgan fingerprint density at radius 1 is 1.06 bits per heavy atom. The van der Waals surface area contributed by atoms with E-state index in [1.54, 1.807) is 11.3 Å². The Kier molecular flexibility index (Phi) is 6.38. The number of thiophene rings is 1. The Labute approximate surface area is 195 Å². The SMILES string of the molecule is Cc1cc(C)cc(-c2[nH]c3sccc3c2CCN2CCC(CC(=O)N3CCCC3)CC2)c1. The molecule has 0 bridgehead atoms. The second-order valence-electron chi connectivity index (χ2n) is 9.85. The van der Waals surface area contributed by atoms with Crippen LogP contribution in [0.1, 0.15) is 48.8 Å². The fraction of sp³-hybridized carbons (Fsp3) is 0.519. The molecule has 5 rings (SSSR count). The molecule has 1 aromatic carbocycles. The van der Waals surface area contributed by atoms with Crippen LogP contribution in [0, 0.1) is 19.8 Å². The van der Waals surface area contributed by atoms with E-state index in [2.05, 4.69) is 58.3 Å². The summed E-state index contributed by atoms with van der Waals surface area (Å²) in [6.45, 7) is 9.65. The van der Waals surface area contributed by atoms with E-state index >= 15 is 0 Å². The number of fused-ring (bicyclic) bond motifs is 1. The normalized spacial score (nSPS) is 18.1. The summed E-state index contributed by atoms with van der Waals surface area (Å²) in [5.74, 6) is 0.965. The van der Waals surface area contributed by atoms with E-state index in [-0.39, 0.29) is 0 Å². The van der Waals surface area contributed by atoms with Crippen LogP contribution in [0.2, 0.25) is 0 Å². The smallest absolute Gasteiger partial charge is 0.222 e. The van der Waals surface area contributed by atoms with Crippen molar-refractivity contribution in [3.05, 3.63) is 46.3 Å². The van der Waals surface area contributed by atoms with Gasteiger partial charge >= 0.3 is 0 Å². The lowest BCUT2D eigenvalue weighted by molar-refractivity contribution is -0.131. The number of nitrogens with zero attached hydrogens (tertiary/aromatic N) is 2. The molecule has 0 spiro atoms. The molecule has 0 atom stereocenters. The van der Waals surface area contributed by atoms with Gasteiger partial charge in [0.15, 0.2) is 0 Å². The van der Waals surface area contributed by atoms with Crippen LogP contribution in [0.15, 0.2) is 29.6 Å². The first kappa shape index (κ1) is 21.7. The van der Waals surface area contributed by atoms with Gasteiger partial charge in [-0.05, 0) is 99.7 Å². The van der Waals surface area contributed by atoms with Gasteiger partial charge in [-0.3, -0.25) is 4.79 Å². The Morgan fingerprint density at radius 3 is 2.50 bits per heavy atom. The molecular weight excluding hydrogens is 414 g/mol. The summed E-state index contributed by atoms with van der Waals surface area (Å²) in [5.41, 5.74) is 6.69. The van der Waals surface area contributed by atoms with Gasteiger partial charge < -0.3 is 14.8 Å². The first-order valence-corrected chi connectivity index (χ1v) is 13.1. The van der Waals surface area contributed by atoms with Crippen LogP contribution >= 0.6 is 11.3 Å². The van der Waals surface area contributed by atoms with Crippen LogP contribution in [-0.2, 0) is 11.2 Å². The van der Waals surface area contributed by atoms with Crippen molar-refractivity contribution in [1.29, 1.82) is 0 Å². The van der Waals surface area contributed by atoms with E-state index in [1.165, 1.54) is 51.0 Å². The maximum atomic E-state index is 12.5. The lowest BCUT2D eigenvalue weighted by Gasteiger charge is -2.32. The minimum atomic E-state index is 0.395. The van der Waals surface area contributed by atoms with E-state index in [9.17, 15) is 4.79 Å². The molecule has 5 heteroatoms. The number of aromatic amines is 1. The number of amides is 1. The zero-order chi connectivity index (χ0) is 22.1. The number of hydrogen-bond donors (Lipinski definition) is 1. The molecule has 0 unspecified atom stereocenters. The third-order valence-electron chi connectivity index (χ3n) is 7.35. The quantitative estimate of drug-likeness (QED) is 0.518. The summed E-state index contributed by atoms with van der Waals surface area (Å²) in [6.07, 6.45) is 6.51. The molecule has 0 aliphatic carbocycles.